The van der Waals surface area contributed by atoms with Crippen molar-refractivity contribution in [2.24, 2.45) is 5.73 Å². The Morgan fingerprint density at radius 2 is 2.38 bits per heavy atom. The fraction of sp³-hybridized carbons (Fsp3) is 0.333. The van der Waals surface area contributed by atoms with Gasteiger partial charge in [-0.3, -0.25) is 10.2 Å². The molecule has 1 saturated heterocycles. The van der Waals surface area contributed by atoms with E-state index in [0.717, 1.165) is 0 Å². The molecule has 0 bridgehead atoms. The molecule has 0 aliphatic carbocycles. The first-order chi connectivity index (χ1) is 3.72. The molecule has 1 rings (SSSR count). The van der Waals surface area contributed by atoms with Gasteiger partial charge in [-0.25, -0.2) is 0 Å². The zero-order valence-corrected chi connectivity index (χ0v) is 4.43. The van der Waals surface area contributed by atoms with E-state index in [0.29, 0.717) is 0 Å². The summed E-state index contributed by atoms with van der Waals surface area (Å²) in [5.41, 5.74) is 9.97. The van der Waals surface area contributed by atoms with Gasteiger partial charge in [0.25, 0.3) is 5.91 Å². The van der Waals surface area contributed by atoms with E-state index in [1.165, 1.54) is 5.01 Å². The molecule has 8 heavy (non-hydrogen) atoms. The first-order valence-electron chi connectivity index (χ1n) is 2.14. The largest absolute Gasteiger partial charge is 0.301 e. The van der Waals surface area contributed by atoms with Crippen molar-refractivity contribution in [2.75, 3.05) is 7.05 Å². The number of hydrazine groups is 2. The fourth-order valence-electron chi connectivity index (χ4n) is 0.411. The molecule has 0 aromatic heterocycles. The van der Waals surface area contributed by atoms with Gasteiger partial charge in [0, 0.05) is 7.05 Å². The van der Waals surface area contributed by atoms with Crippen molar-refractivity contribution in [3.8, 4) is 0 Å². The van der Waals surface area contributed by atoms with Crippen LogP contribution in [0.4, 0.5) is 0 Å². The summed E-state index contributed by atoms with van der Waals surface area (Å²) in [5, 5.41) is 1.41. The second kappa shape index (κ2) is 1.70. The highest BCUT2D eigenvalue weighted by Crippen LogP contribution is 1.96. The monoisotopic (exact) mass is 115 g/mol. The van der Waals surface area contributed by atoms with E-state index in [9.17, 15) is 4.79 Å². The number of nitrogens with two attached hydrogens (primary N) is 1. The van der Waals surface area contributed by atoms with Crippen LogP contribution in [0.5, 0.6) is 0 Å². The Hall–Kier alpha value is -0.650. The standard InChI is InChI=1S/C3H7N4O/c1-7-2(4)3(8)5-6-7/h6H,4H2,1H3,(H,5,8). The lowest BCUT2D eigenvalue weighted by atomic mass is 10.5. The Bertz CT molecular complexity index is 114. The molecule has 0 aromatic rings. The topological polar surface area (TPSA) is 70.4 Å². The molecule has 0 aromatic carbocycles. The number of rotatable bonds is 0. The van der Waals surface area contributed by atoms with Gasteiger partial charge in [0.1, 0.15) is 0 Å². The number of amides is 1. The zero-order valence-electron chi connectivity index (χ0n) is 4.43. The quantitative estimate of drug-likeness (QED) is 0.339. The zero-order chi connectivity index (χ0) is 6.15. The molecule has 1 heterocycles. The first-order valence-corrected chi connectivity index (χ1v) is 2.14. The van der Waals surface area contributed by atoms with Crippen LogP contribution in [0, 0.1) is 6.17 Å². The Labute approximate surface area is 46.8 Å². The summed E-state index contributed by atoms with van der Waals surface area (Å²) in [6, 6.07) is 0. The summed E-state index contributed by atoms with van der Waals surface area (Å²) in [6.45, 7) is 0. The van der Waals surface area contributed by atoms with Gasteiger partial charge in [-0.05, 0) is 0 Å². The molecular weight excluding hydrogens is 108 g/mol. The molecule has 0 spiro atoms. The van der Waals surface area contributed by atoms with Crippen LogP contribution < -0.4 is 16.7 Å². The van der Waals surface area contributed by atoms with Gasteiger partial charge in [-0.15, -0.1) is 0 Å². The Balaban J connectivity index is 2.56. The van der Waals surface area contributed by atoms with Crippen LogP contribution in [0.1, 0.15) is 0 Å². The normalized spacial score (nSPS) is 24.0. The smallest absolute Gasteiger partial charge is 0.275 e. The van der Waals surface area contributed by atoms with Gasteiger partial charge in [-0.2, -0.15) is 10.5 Å². The fourth-order valence-corrected chi connectivity index (χ4v) is 0.411. The summed E-state index contributed by atoms with van der Waals surface area (Å²) < 4.78 is 0. The van der Waals surface area contributed by atoms with E-state index in [1.54, 1.807) is 7.05 Å². The second-order valence-corrected chi connectivity index (χ2v) is 1.51. The number of likely N-dealkylation sites (N-methyl/N-ethyl adjacent to an activating group) is 1. The minimum Gasteiger partial charge on any atom is -0.301 e. The molecule has 0 unspecified atom stereocenters. The van der Waals surface area contributed by atoms with Gasteiger partial charge >= 0.3 is 0 Å². The highest BCUT2D eigenvalue weighted by Gasteiger charge is 2.26. The summed E-state index contributed by atoms with van der Waals surface area (Å²) in [6.07, 6.45) is 0.185. The molecule has 0 atom stereocenters. The van der Waals surface area contributed by atoms with Crippen LogP contribution in [-0.2, 0) is 4.79 Å². The van der Waals surface area contributed by atoms with Crippen LogP contribution in [-0.4, -0.2) is 18.0 Å². The average Bonchev–Trinajstić information content (AvgIpc) is 1.98. The summed E-state index contributed by atoms with van der Waals surface area (Å²) in [5.74, 6) is -0.285. The number of nitrogens with zero attached hydrogens (tertiary/aromatic N) is 1. The molecular formula is C3H7N4O. The Morgan fingerprint density at radius 3 is 2.50 bits per heavy atom. The molecule has 1 amide bonds. The number of carbonyl (C=O) groups is 1. The molecule has 1 radical (unpaired) electrons. The third-order valence-corrected chi connectivity index (χ3v) is 0.931. The van der Waals surface area contributed by atoms with Crippen LogP contribution in [0.15, 0.2) is 0 Å². The van der Waals surface area contributed by atoms with E-state index in [4.69, 9.17) is 5.73 Å². The van der Waals surface area contributed by atoms with Gasteiger partial charge in [-0.1, -0.05) is 0 Å². The number of nitrogens with one attached hydrogen (secondary N) is 2. The summed E-state index contributed by atoms with van der Waals surface area (Å²) in [7, 11) is 1.65. The lowest BCUT2D eigenvalue weighted by Gasteiger charge is -2.06. The maximum atomic E-state index is 10.4. The highest BCUT2D eigenvalue weighted by atomic mass is 16.2. The van der Waals surface area contributed by atoms with E-state index >= 15 is 0 Å². The van der Waals surface area contributed by atoms with Gasteiger partial charge in [0.2, 0.25) is 6.17 Å². The molecule has 4 N–H and O–H groups in total. The Morgan fingerprint density at radius 1 is 1.75 bits per heavy atom. The molecule has 0 saturated carbocycles. The molecule has 45 valence electrons. The van der Waals surface area contributed by atoms with Gasteiger partial charge in [0.05, 0.1) is 0 Å². The first kappa shape index (κ1) is 5.49. The maximum Gasteiger partial charge on any atom is 0.275 e. The predicted molar refractivity (Wildman–Crippen MR) is 26.5 cm³/mol. The van der Waals surface area contributed by atoms with E-state index in [-0.39, 0.29) is 12.1 Å². The van der Waals surface area contributed by atoms with Crippen molar-refractivity contribution in [1.82, 2.24) is 16.0 Å². The second-order valence-electron chi connectivity index (χ2n) is 1.51. The Kier molecular flexibility index (Phi) is 1.16. The van der Waals surface area contributed by atoms with Crippen LogP contribution in [0.25, 0.3) is 0 Å². The summed E-state index contributed by atoms with van der Waals surface area (Å²) in [4.78, 5) is 10.4. The average molecular weight is 115 g/mol. The number of carbonyl (C=O) groups excluding carboxylic acids is 1. The highest BCUT2D eigenvalue weighted by molar-refractivity contribution is 5.89. The van der Waals surface area contributed by atoms with Crippen molar-refractivity contribution >= 4 is 5.91 Å². The third-order valence-electron chi connectivity index (χ3n) is 0.931. The molecule has 5 nitrogen and oxygen atoms in total. The van der Waals surface area contributed by atoms with Gasteiger partial charge in [0.15, 0.2) is 0 Å². The SMILES string of the molecule is CN1NNC(=O)[C]1N. The van der Waals surface area contributed by atoms with Crippen LogP contribution in [0.2, 0.25) is 0 Å². The minimum atomic E-state index is -0.285. The summed E-state index contributed by atoms with van der Waals surface area (Å²) >= 11 is 0. The molecule has 5 heteroatoms. The lowest BCUT2D eigenvalue weighted by Crippen LogP contribution is -2.35. The van der Waals surface area contributed by atoms with Crippen molar-refractivity contribution in [3.63, 3.8) is 0 Å². The third kappa shape index (κ3) is 0.664. The molecule has 1 aliphatic heterocycles. The minimum absolute atomic E-state index is 0.185. The van der Waals surface area contributed by atoms with Crippen molar-refractivity contribution < 1.29 is 4.79 Å². The van der Waals surface area contributed by atoms with E-state index < -0.39 is 0 Å². The van der Waals surface area contributed by atoms with E-state index in [2.05, 4.69) is 11.0 Å². The predicted octanol–water partition coefficient (Wildman–Crippen LogP) is -2.08. The number of hydrogen-bond donors (Lipinski definition) is 3. The van der Waals surface area contributed by atoms with Crippen LogP contribution >= 0.6 is 0 Å². The maximum absolute atomic E-state index is 10.4. The van der Waals surface area contributed by atoms with Crippen molar-refractivity contribution in [3.05, 3.63) is 6.17 Å². The van der Waals surface area contributed by atoms with E-state index in [1.807, 2.05) is 0 Å². The lowest BCUT2D eigenvalue weighted by molar-refractivity contribution is -0.118. The number of hydrogen-bond acceptors (Lipinski definition) is 4. The molecule has 1 fully saturated rings. The van der Waals surface area contributed by atoms with Crippen LogP contribution in [0.3, 0.4) is 0 Å². The van der Waals surface area contributed by atoms with Gasteiger partial charge < -0.3 is 5.73 Å². The molecule has 1 aliphatic rings. The van der Waals surface area contributed by atoms with Crippen molar-refractivity contribution in [1.29, 1.82) is 0 Å². The van der Waals surface area contributed by atoms with Crippen molar-refractivity contribution in [2.45, 2.75) is 0 Å².